The molecule has 4 aromatic rings. The van der Waals surface area contributed by atoms with Crippen molar-refractivity contribution in [3.8, 4) is 11.3 Å². The van der Waals surface area contributed by atoms with Crippen molar-refractivity contribution < 1.29 is 26.4 Å². The van der Waals surface area contributed by atoms with Gasteiger partial charge in [0.1, 0.15) is 5.69 Å². The second-order valence-electron chi connectivity index (χ2n) is 11.7. The molecule has 1 aliphatic heterocycles. The van der Waals surface area contributed by atoms with Crippen LogP contribution >= 0.6 is 0 Å². The number of aromatic nitrogens is 4. The first-order valence-corrected chi connectivity index (χ1v) is 16.1. The number of carbonyl (C=O) groups excluding carboxylic acids is 1. The zero-order valence-electron chi connectivity index (χ0n) is 25.2. The van der Waals surface area contributed by atoms with Crippen LogP contribution in [0.4, 0.5) is 13.2 Å². The van der Waals surface area contributed by atoms with Gasteiger partial charge in [-0.05, 0) is 68.3 Å². The topological polar surface area (TPSA) is 93.3 Å². The molecule has 0 spiro atoms. The molecule has 1 aliphatic rings. The lowest BCUT2D eigenvalue weighted by molar-refractivity contribution is -0.137. The molecule has 2 atom stereocenters. The summed E-state index contributed by atoms with van der Waals surface area (Å²) in [6.07, 6.45) is -2.17. The monoisotopic (exact) mass is 628 g/mol. The van der Waals surface area contributed by atoms with E-state index in [9.17, 15) is 26.4 Å². The van der Waals surface area contributed by atoms with Gasteiger partial charge in [-0.15, -0.1) is 5.10 Å². The fourth-order valence-corrected chi connectivity index (χ4v) is 6.51. The summed E-state index contributed by atoms with van der Waals surface area (Å²) in [5.74, 6) is -0.0368. The molecule has 234 valence electrons. The van der Waals surface area contributed by atoms with Crippen LogP contribution in [0.25, 0.3) is 11.3 Å². The van der Waals surface area contributed by atoms with Gasteiger partial charge in [0.05, 0.1) is 28.9 Å². The lowest BCUT2D eigenvalue weighted by Gasteiger charge is -2.44. The van der Waals surface area contributed by atoms with Crippen molar-refractivity contribution in [3.63, 3.8) is 0 Å². The Bertz CT molecular complexity index is 1780. The predicted octanol–water partition coefficient (Wildman–Crippen LogP) is 4.80. The summed E-state index contributed by atoms with van der Waals surface area (Å²) < 4.78 is 67.6. The molecule has 9 nitrogen and oxygen atoms in total. The normalized spacial score (nSPS) is 18.1. The van der Waals surface area contributed by atoms with Gasteiger partial charge in [-0.2, -0.15) is 13.2 Å². The number of aryl methyl sites for hydroxylation is 1. The van der Waals surface area contributed by atoms with E-state index in [-0.39, 0.29) is 30.1 Å². The van der Waals surface area contributed by atoms with E-state index >= 15 is 0 Å². The second-order valence-corrected chi connectivity index (χ2v) is 13.7. The van der Waals surface area contributed by atoms with Crippen molar-refractivity contribution >= 4 is 15.7 Å². The summed E-state index contributed by atoms with van der Waals surface area (Å²) in [4.78, 5) is 17.3. The molecule has 5 rings (SSSR count). The Labute approximate surface area is 254 Å². The van der Waals surface area contributed by atoms with Crippen LogP contribution in [-0.4, -0.2) is 75.1 Å². The summed E-state index contributed by atoms with van der Waals surface area (Å²) in [5, 5.41) is 8.29. The number of piperazine rings is 1. The molecule has 44 heavy (non-hydrogen) atoms. The molecule has 1 fully saturated rings. The first-order valence-electron chi connectivity index (χ1n) is 14.2. The van der Waals surface area contributed by atoms with Crippen LogP contribution in [0, 0.1) is 6.92 Å². The van der Waals surface area contributed by atoms with Gasteiger partial charge >= 0.3 is 6.18 Å². The van der Waals surface area contributed by atoms with Gasteiger partial charge < -0.3 is 9.47 Å². The molecule has 0 saturated carbocycles. The fourth-order valence-electron chi connectivity index (χ4n) is 5.81. The third kappa shape index (κ3) is 6.73. The number of carbonyl (C=O) groups is 1. The van der Waals surface area contributed by atoms with E-state index in [1.807, 2.05) is 67.6 Å². The van der Waals surface area contributed by atoms with E-state index in [0.717, 1.165) is 29.1 Å². The zero-order valence-corrected chi connectivity index (χ0v) is 26.0. The van der Waals surface area contributed by atoms with Crippen molar-refractivity contribution in [2.75, 3.05) is 19.3 Å². The number of halogens is 3. The van der Waals surface area contributed by atoms with Crippen LogP contribution in [0.2, 0.25) is 0 Å². The number of sulfone groups is 1. The molecule has 1 amide bonds. The highest BCUT2D eigenvalue weighted by Crippen LogP contribution is 2.32. The summed E-state index contributed by atoms with van der Waals surface area (Å²) in [6.45, 7) is 7.50. The number of benzene rings is 2. The fraction of sp³-hybridized carbons (Fsp3) is 0.387. The molecule has 1 saturated heterocycles. The van der Waals surface area contributed by atoms with Gasteiger partial charge in [-0.25, -0.2) is 13.1 Å². The Kier molecular flexibility index (Phi) is 8.47. The van der Waals surface area contributed by atoms with Crippen molar-refractivity contribution in [1.82, 2.24) is 29.4 Å². The molecule has 3 heterocycles. The van der Waals surface area contributed by atoms with Crippen LogP contribution in [-0.2, 0) is 36.2 Å². The Morgan fingerprint density at radius 2 is 1.70 bits per heavy atom. The summed E-state index contributed by atoms with van der Waals surface area (Å²) in [5.41, 5.74) is 3.51. The van der Waals surface area contributed by atoms with E-state index in [1.165, 1.54) is 10.7 Å². The quantitative estimate of drug-likeness (QED) is 0.292. The van der Waals surface area contributed by atoms with Gasteiger partial charge in [-0.1, -0.05) is 29.0 Å². The van der Waals surface area contributed by atoms with Crippen LogP contribution < -0.4 is 0 Å². The molecule has 2 aromatic heterocycles. The molecule has 0 N–H and O–H groups in total. The summed E-state index contributed by atoms with van der Waals surface area (Å²) >= 11 is 0. The smallest absolute Gasteiger partial charge is 0.340 e. The Hall–Kier alpha value is -3.97. The molecular formula is C31H35F3N6O3S. The maximum atomic E-state index is 13.6. The van der Waals surface area contributed by atoms with E-state index in [0.29, 0.717) is 37.1 Å². The van der Waals surface area contributed by atoms with E-state index in [2.05, 4.69) is 21.3 Å². The maximum Gasteiger partial charge on any atom is 0.416 e. The van der Waals surface area contributed by atoms with Gasteiger partial charge in [-0.3, -0.25) is 9.69 Å². The van der Waals surface area contributed by atoms with Crippen LogP contribution in [0.1, 0.15) is 46.7 Å². The Morgan fingerprint density at radius 3 is 2.34 bits per heavy atom. The van der Waals surface area contributed by atoms with Gasteiger partial charge in [0.2, 0.25) is 0 Å². The highest BCUT2D eigenvalue weighted by Gasteiger charge is 2.34. The standard InChI is InChI=1S/C31H35F3N6O3S/c1-20-7-6-8-24(11-20)28-9-10-29(37(28)4)30(41)38-15-21(2)40(22(3)16-38)19-26-18-39(36-35-26)17-23-12-25(31(32,33)34)14-27(13-23)44(5,42)43/h6-14,18,21-22H,15-17,19H2,1-5H3/t21-,22+. The summed E-state index contributed by atoms with van der Waals surface area (Å²) in [7, 11) is -1.95. The second kappa shape index (κ2) is 11.8. The molecule has 0 radical (unpaired) electrons. The Morgan fingerprint density at radius 1 is 1.00 bits per heavy atom. The Balaban J connectivity index is 1.26. The molecule has 0 unspecified atom stereocenters. The van der Waals surface area contributed by atoms with Gasteiger partial charge in [0, 0.05) is 50.7 Å². The molecule has 0 aliphatic carbocycles. The number of amides is 1. The average molecular weight is 629 g/mol. The highest BCUT2D eigenvalue weighted by atomic mass is 32.2. The van der Waals surface area contributed by atoms with Crippen molar-refractivity contribution in [1.29, 1.82) is 0 Å². The predicted molar refractivity (Wildman–Crippen MR) is 160 cm³/mol. The number of rotatable bonds is 7. The van der Waals surface area contributed by atoms with Crippen LogP contribution in [0.3, 0.4) is 0 Å². The van der Waals surface area contributed by atoms with Crippen molar-refractivity contribution in [3.05, 3.63) is 88.9 Å². The molecule has 2 aromatic carbocycles. The number of hydrogen-bond donors (Lipinski definition) is 0. The maximum absolute atomic E-state index is 13.6. The van der Waals surface area contributed by atoms with E-state index in [1.54, 1.807) is 6.20 Å². The van der Waals surface area contributed by atoms with Crippen LogP contribution in [0.5, 0.6) is 0 Å². The SMILES string of the molecule is Cc1cccc(-c2ccc(C(=O)N3C[C@@H](C)N(Cc4cn(Cc5cc(C(F)(F)F)cc(S(C)(=O)=O)c5)nn4)[C@@H](C)C3)n2C)c1. The van der Waals surface area contributed by atoms with Crippen LogP contribution in [0.15, 0.2) is 65.7 Å². The number of nitrogens with zero attached hydrogens (tertiary/aromatic N) is 6. The largest absolute Gasteiger partial charge is 0.416 e. The lowest BCUT2D eigenvalue weighted by Crippen LogP contribution is -2.57. The first-order chi connectivity index (χ1) is 20.6. The molecular weight excluding hydrogens is 593 g/mol. The van der Waals surface area contributed by atoms with E-state index < -0.39 is 26.5 Å². The van der Waals surface area contributed by atoms with E-state index in [4.69, 9.17) is 0 Å². The van der Waals surface area contributed by atoms with Crippen molar-refractivity contribution in [2.45, 2.75) is 57.0 Å². The van der Waals surface area contributed by atoms with Gasteiger partial charge in [0.25, 0.3) is 5.91 Å². The summed E-state index contributed by atoms with van der Waals surface area (Å²) in [6, 6.07) is 14.8. The minimum absolute atomic E-state index is 0.00477. The third-order valence-electron chi connectivity index (χ3n) is 8.04. The number of alkyl halides is 3. The first kappa shape index (κ1) is 31.5. The highest BCUT2D eigenvalue weighted by molar-refractivity contribution is 7.90. The van der Waals surface area contributed by atoms with Gasteiger partial charge in [0.15, 0.2) is 9.84 Å². The zero-order chi connectivity index (χ0) is 32.0. The molecule has 0 bridgehead atoms. The molecule has 13 heteroatoms. The minimum Gasteiger partial charge on any atom is -0.340 e. The lowest BCUT2D eigenvalue weighted by atomic mass is 10.1. The third-order valence-corrected chi connectivity index (χ3v) is 9.13. The number of hydrogen-bond acceptors (Lipinski definition) is 6. The average Bonchev–Trinajstić information content (AvgIpc) is 3.54. The minimum atomic E-state index is -4.69. The van der Waals surface area contributed by atoms with Crippen molar-refractivity contribution in [2.24, 2.45) is 7.05 Å².